The third kappa shape index (κ3) is 6.38. The van der Waals surface area contributed by atoms with Gasteiger partial charge >= 0.3 is 0 Å². The van der Waals surface area contributed by atoms with Gasteiger partial charge in [0, 0.05) is 12.2 Å². The van der Waals surface area contributed by atoms with Gasteiger partial charge in [0.2, 0.25) is 11.8 Å². The summed E-state index contributed by atoms with van der Waals surface area (Å²) in [5, 5.41) is 0.900. The SMILES string of the molecule is C=CCC(C(=O)NS(=O)(=O)/C=C/c1ccccc1)C(=O)N(c1cccnc1)C(C)C. The normalized spacial score (nSPS) is 12.5. The van der Waals surface area contributed by atoms with Crippen LogP contribution in [0.15, 0.2) is 72.9 Å². The first-order valence-corrected chi connectivity index (χ1v) is 10.9. The lowest BCUT2D eigenvalue weighted by molar-refractivity contribution is -0.132. The zero-order chi connectivity index (χ0) is 22.1. The molecule has 0 aliphatic carbocycles. The van der Waals surface area contributed by atoms with Crippen LogP contribution in [0.25, 0.3) is 6.08 Å². The molecule has 1 heterocycles. The quantitative estimate of drug-likeness (QED) is 0.490. The molecule has 0 saturated carbocycles. The molecule has 8 heteroatoms. The van der Waals surface area contributed by atoms with Crippen LogP contribution in [0.4, 0.5) is 5.69 Å². The summed E-state index contributed by atoms with van der Waals surface area (Å²) in [7, 11) is -4.08. The van der Waals surface area contributed by atoms with Crippen LogP contribution in [-0.2, 0) is 19.6 Å². The van der Waals surface area contributed by atoms with Crippen molar-refractivity contribution in [1.29, 1.82) is 0 Å². The smallest absolute Gasteiger partial charge is 0.257 e. The van der Waals surface area contributed by atoms with Crippen molar-refractivity contribution in [2.24, 2.45) is 5.92 Å². The zero-order valence-corrected chi connectivity index (χ0v) is 17.7. The first-order chi connectivity index (χ1) is 14.2. The molecule has 1 unspecified atom stereocenters. The standard InChI is InChI=1S/C22H25N3O4S/c1-4-9-20(22(27)25(17(2)3)19-12-8-14-23-16-19)21(26)24-30(28,29)15-13-18-10-6-5-7-11-18/h4-8,10-17,20H,1,9H2,2-3H3,(H,24,26)/b15-13+. The van der Waals surface area contributed by atoms with Crippen molar-refractivity contribution in [3.8, 4) is 0 Å². The Hall–Kier alpha value is -3.26. The van der Waals surface area contributed by atoms with Gasteiger partial charge in [-0.25, -0.2) is 13.1 Å². The highest BCUT2D eigenvalue weighted by atomic mass is 32.2. The molecule has 30 heavy (non-hydrogen) atoms. The summed E-state index contributed by atoms with van der Waals surface area (Å²) in [4.78, 5) is 31.3. The molecule has 0 spiro atoms. The third-order valence-corrected chi connectivity index (χ3v) is 5.16. The fraction of sp³-hybridized carbons (Fsp3) is 0.227. The average Bonchev–Trinajstić information content (AvgIpc) is 2.71. The molecular formula is C22H25N3O4S. The molecule has 0 aliphatic rings. The van der Waals surface area contributed by atoms with Gasteiger partial charge in [-0.1, -0.05) is 36.4 Å². The van der Waals surface area contributed by atoms with Gasteiger partial charge < -0.3 is 4.90 Å². The Morgan fingerprint density at radius 1 is 1.17 bits per heavy atom. The number of hydrogen-bond donors (Lipinski definition) is 1. The minimum Gasteiger partial charge on any atom is -0.308 e. The molecule has 2 rings (SSSR count). The van der Waals surface area contributed by atoms with E-state index in [1.807, 2.05) is 10.8 Å². The van der Waals surface area contributed by atoms with Crippen LogP contribution in [0, 0.1) is 5.92 Å². The molecule has 2 amide bonds. The van der Waals surface area contributed by atoms with E-state index in [4.69, 9.17) is 0 Å². The van der Waals surface area contributed by atoms with Gasteiger partial charge in [-0.3, -0.25) is 14.6 Å². The number of allylic oxidation sites excluding steroid dienone is 1. The molecule has 7 nitrogen and oxygen atoms in total. The van der Waals surface area contributed by atoms with Crippen molar-refractivity contribution in [3.63, 3.8) is 0 Å². The average molecular weight is 428 g/mol. The summed E-state index contributed by atoms with van der Waals surface area (Å²) in [6.45, 7) is 7.19. The highest BCUT2D eigenvalue weighted by molar-refractivity contribution is 7.93. The van der Waals surface area contributed by atoms with Gasteiger partial charge in [-0.15, -0.1) is 6.58 Å². The second-order valence-corrected chi connectivity index (χ2v) is 8.38. The van der Waals surface area contributed by atoms with Crippen LogP contribution in [0.5, 0.6) is 0 Å². The highest BCUT2D eigenvalue weighted by Gasteiger charge is 2.33. The van der Waals surface area contributed by atoms with Crippen molar-refractivity contribution in [3.05, 3.63) is 78.5 Å². The minimum atomic E-state index is -4.08. The largest absolute Gasteiger partial charge is 0.308 e. The van der Waals surface area contributed by atoms with E-state index in [2.05, 4.69) is 11.6 Å². The molecule has 0 fully saturated rings. The minimum absolute atomic E-state index is 0.00787. The number of pyridine rings is 1. The maximum Gasteiger partial charge on any atom is 0.257 e. The fourth-order valence-corrected chi connectivity index (χ4v) is 3.64. The van der Waals surface area contributed by atoms with Gasteiger partial charge in [0.1, 0.15) is 5.92 Å². The number of nitrogens with one attached hydrogen (secondary N) is 1. The van der Waals surface area contributed by atoms with Gasteiger partial charge in [-0.05, 0) is 44.0 Å². The number of aromatic nitrogens is 1. The fourth-order valence-electron chi connectivity index (χ4n) is 2.81. The van der Waals surface area contributed by atoms with Gasteiger partial charge in [0.25, 0.3) is 10.0 Å². The van der Waals surface area contributed by atoms with Crippen LogP contribution in [0.1, 0.15) is 25.8 Å². The topological polar surface area (TPSA) is 96.4 Å². The second kappa shape index (κ2) is 10.5. The molecule has 158 valence electrons. The molecule has 0 aliphatic heterocycles. The van der Waals surface area contributed by atoms with Gasteiger partial charge in [0.05, 0.1) is 17.3 Å². The Bertz CT molecular complexity index is 1000. The summed E-state index contributed by atoms with van der Waals surface area (Å²) in [6, 6.07) is 11.9. The summed E-state index contributed by atoms with van der Waals surface area (Å²) in [5.74, 6) is -2.69. The van der Waals surface area contributed by atoms with Crippen molar-refractivity contribution in [2.45, 2.75) is 26.3 Å². The zero-order valence-electron chi connectivity index (χ0n) is 16.9. The number of carbonyl (C=O) groups excluding carboxylic acids is 2. The van der Waals surface area contributed by atoms with Crippen LogP contribution >= 0.6 is 0 Å². The Labute approximate surface area is 177 Å². The second-order valence-electron chi connectivity index (χ2n) is 6.81. The van der Waals surface area contributed by atoms with Crippen molar-refractivity contribution >= 4 is 33.6 Å². The van der Waals surface area contributed by atoms with E-state index in [-0.39, 0.29) is 12.5 Å². The number of benzene rings is 1. The molecule has 1 N–H and O–H groups in total. The summed E-state index contributed by atoms with van der Waals surface area (Å²) in [5.41, 5.74) is 1.18. The van der Waals surface area contributed by atoms with Crippen molar-refractivity contribution < 1.29 is 18.0 Å². The van der Waals surface area contributed by atoms with Gasteiger partial charge in [0.15, 0.2) is 0 Å². The third-order valence-electron chi connectivity index (χ3n) is 4.18. The van der Waals surface area contributed by atoms with E-state index < -0.39 is 27.8 Å². The summed E-state index contributed by atoms with van der Waals surface area (Å²) >= 11 is 0. The van der Waals surface area contributed by atoms with Crippen molar-refractivity contribution in [1.82, 2.24) is 9.71 Å². The van der Waals surface area contributed by atoms with Crippen LogP contribution < -0.4 is 9.62 Å². The van der Waals surface area contributed by atoms with Crippen LogP contribution in [0.2, 0.25) is 0 Å². The molecule has 2 aromatic rings. The first kappa shape index (κ1) is 23.0. The Balaban J connectivity index is 2.23. The number of hydrogen-bond acceptors (Lipinski definition) is 5. The van der Waals surface area contributed by atoms with Gasteiger partial charge in [-0.2, -0.15) is 0 Å². The number of rotatable bonds is 9. The number of nitrogens with zero attached hydrogens (tertiary/aromatic N) is 2. The van der Waals surface area contributed by atoms with E-state index in [1.54, 1.807) is 56.4 Å². The molecule has 1 aromatic carbocycles. The van der Waals surface area contributed by atoms with Crippen molar-refractivity contribution in [2.75, 3.05) is 4.90 Å². The van der Waals surface area contributed by atoms with E-state index in [0.717, 1.165) is 5.41 Å². The number of carbonyl (C=O) groups is 2. The summed E-state index contributed by atoms with van der Waals surface area (Å²) < 4.78 is 26.7. The maximum atomic E-state index is 13.2. The molecular weight excluding hydrogens is 402 g/mol. The lowest BCUT2D eigenvalue weighted by Gasteiger charge is -2.29. The van der Waals surface area contributed by atoms with E-state index in [1.165, 1.54) is 23.2 Å². The molecule has 0 saturated heterocycles. The van der Waals surface area contributed by atoms with E-state index in [0.29, 0.717) is 11.3 Å². The number of anilines is 1. The van der Waals surface area contributed by atoms with Crippen LogP contribution in [-0.4, -0.2) is 31.3 Å². The predicted octanol–water partition coefficient (Wildman–Crippen LogP) is 3.13. The van der Waals surface area contributed by atoms with Crippen LogP contribution in [0.3, 0.4) is 0 Å². The maximum absolute atomic E-state index is 13.2. The van der Waals surface area contributed by atoms with E-state index in [9.17, 15) is 18.0 Å². The predicted molar refractivity (Wildman–Crippen MR) is 118 cm³/mol. The Morgan fingerprint density at radius 3 is 2.43 bits per heavy atom. The Morgan fingerprint density at radius 2 is 1.87 bits per heavy atom. The van der Waals surface area contributed by atoms with E-state index >= 15 is 0 Å². The lowest BCUT2D eigenvalue weighted by Crippen LogP contribution is -2.47. The summed E-state index contributed by atoms with van der Waals surface area (Å²) in [6.07, 6.45) is 5.87. The molecule has 1 atom stereocenters. The number of amides is 2. The molecule has 0 radical (unpaired) electrons. The molecule has 0 bridgehead atoms. The monoisotopic (exact) mass is 427 g/mol. The number of sulfonamides is 1. The first-order valence-electron chi connectivity index (χ1n) is 9.39. The lowest BCUT2D eigenvalue weighted by atomic mass is 10.0. The molecule has 1 aromatic heterocycles. The Kier molecular flexibility index (Phi) is 8.06. The highest BCUT2D eigenvalue weighted by Crippen LogP contribution is 2.21.